The van der Waals surface area contributed by atoms with Crippen LogP contribution >= 0.6 is 0 Å². The molecule has 9 nitrogen and oxygen atoms in total. The van der Waals surface area contributed by atoms with Crippen molar-refractivity contribution in [2.45, 2.75) is 18.6 Å². The van der Waals surface area contributed by atoms with Crippen molar-refractivity contribution in [2.75, 3.05) is 43.1 Å². The van der Waals surface area contributed by atoms with Gasteiger partial charge in [0.15, 0.2) is 0 Å². The Kier molecular flexibility index (Phi) is 5.83. The van der Waals surface area contributed by atoms with Gasteiger partial charge in [0, 0.05) is 38.1 Å². The fourth-order valence-corrected chi connectivity index (χ4v) is 4.09. The fraction of sp³-hybridized carbons (Fsp3) is 0.391. The molecule has 2 aliphatic heterocycles. The first kappa shape index (κ1) is 20.6. The lowest BCUT2D eigenvalue weighted by Gasteiger charge is -2.34. The maximum absolute atomic E-state index is 12.6. The Balaban J connectivity index is 1.35. The molecule has 0 aliphatic carbocycles. The summed E-state index contributed by atoms with van der Waals surface area (Å²) in [4.78, 5) is 27.6. The number of aromatic nitrogens is 4. The molecule has 9 heteroatoms. The van der Waals surface area contributed by atoms with E-state index in [0.29, 0.717) is 43.1 Å². The molecule has 0 saturated carbocycles. The first-order valence-electron chi connectivity index (χ1n) is 10.8. The smallest absolute Gasteiger partial charge is 0.255 e. The van der Waals surface area contributed by atoms with E-state index >= 15 is 0 Å². The van der Waals surface area contributed by atoms with Crippen LogP contribution in [-0.4, -0.2) is 58.5 Å². The van der Waals surface area contributed by atoms with Crippen LogP contribution in [0, 0.1) is 0 Å². The quantitative estimate of drug-likeness (QED) is 0.652. The third-order valence-electron chi connectivity index (χ3n) is 5.89. The van der Waals surface area contributed by atoms with Crippen molar-refractivity contribution in [1.29, 1.82) is 0 Å². The minimum atomic E-state index is -0.127. The van der Waals surface area contributed by atoms with Crippen LogP contribution in [0.15, 0.2) is 53.7 Å². The molecular formula is C23H26N6O3. The SMILES string of the molecule is Cn1c(N2CCOC(c3ccc(NC4CCOC4)cc3)C2)nc(-c2ccncn2)cc1=O. The summed E-state index contributed by atoms with van der Waals surface area (Å²) in [6.45, 7) is 3.39. The van der Waals surface area contributed by atoms with Crippen molar-refractivity contribution in [3.8, 4) is 11.4 Å². The topological polar surface area (TPSA) is 94.4 Å². The Hall–Kier alpha value is -3.30. The van der Waals surface area contributed by atoms with E-state index in [1.807, 2.05) is 0 Å². The second-order valence-corrected chi connectivity index (χ2v) is 8.07. The number of anilines is 2. The molecule has 0 bridgehead atoms. The van der Waals surface area contributed by atoms with Crippen LogP contribution < -0.4 is 15.8 Å². The number of nitrogens with one attached hydrogen (secondary N) is 1. The van der Waals surface area contributed by atoms with Gasteiger partial charge in [-0.3, -0.25) is 9.36 Å². The minimum absolute atomic E-state index is 0.104. The normalized spacial score (nSPS) is 21.0. The standard InChI is InChI=1S/C23H26N6O3/c1-28-22(30)12-20(19-6-8-24-15-25-19)27-23(28)29-9-11-32-21(13-29)16-2-4-17(5-3-16)26-18-7-10-31-14-18/h2-6,8,12,15,18,21,26H,7,9-11,13-14H2,1H3. The average Bonchev–Trinajstić information content (AvgIpc) is 3.35. The molecule has 1 aromatic carbocycles. The Morgan fingerprint density at radius 1 is 1.12 bits per heavy atom. The molecule has 1 N–H and O–H groups in total. The van der Waals surface area contributed by atoms with Gasteiger partial charge in [-0.25, -0.2) is 15.0 Å². The van der Waals surface area contributed by atoms with Gasteiger partial charge in [0.2, 0.25) is 5.95 Å². The van der Waals surface area contributed by atoms with Crippen LogP contribution in [0.25, 0.3) is 11.4 Å². The summed E-state index contributed by atoms with van der Waals surface area (Å²) >= 11 is 0. The lowest BCUT2D eigenvalue weighted by atomic mass is 10.1. The summed E-state index contributed by atoms with van der Waals surface area (Å²) in [5.41, 5.74) is 3.22. The maximum atomic E-state index is 12.6. The summed E-state index contributed by atoms with van der Waals surface area (Å²) in [5, 5.41) is 3.51. The Labute approximate surface area is 186 Å². The van der Waals surface area contributed by atoms with E-state index in [2.05, 4.69) is 44.5 Å². The fourth-order valence-electron chi connectivity index (χ4n) is 4.09. The van der Waals surface area contributed by atoms with Gasteiger partial charge in [-0.15, -0.1) is 0 Å². The largest absolute Gasteiger partial charge is 0.380 e. The molecule has 4 heterocycles. The number of hydrogen-bond acceptors (Lipinski definition) is 8. The molecule has 32 heavy (non-hydrogen) atoms. The lowest BCUT2D eigenvalue weighted by Crippen LogP contribution is -2.41. The molecular weight excluding hydrogens is 408 g/mol. The van der Waals surface area contributed by atoms with E-state index in [1.54, 1.807) is 23.9 Å². The Morgan fingerprint density at radius 2 is 2.00 bits per heavy atom. The molecule has 2 aromatic heterocycles. The number of hydrogen-bond donors (Lipinski definition) is 1. The van der Waals surface area contributed by atoms with E-state index in [4.69, 9.17) is 14.5 Å². The first-order valence-corrected chi connectivity index (χ1v) is 10.8. The zero-order valence-electron chi connectivity index (χ0n) is 18.0. The van der Waals surface area contributed by atoms with E-state index in [9.17, 15) is 4.79 Å². The molecule has 2 saturated heterocycles. The first-order chi connectivity index (χ1) is 15.7. The second-order valence-electron chi connectivity index (χ2n) is 8.07. The highest BCUT2D eigenvalue weighted by Gasteiger charge is 2.25. The second kappa shape index (κ2) is 9.05. The van der Waals surface area contributed by atoms with Crippen LogP contribution in [0.5, 0.6) is 0 Å². The van der Waals surface area contributed by atoms with Gasteiger partial charge in [0.05, 0.1) is 37.2 Å². The summed E-state index contributed by atoms with van der Waals surface area (Å²) in [6.07, 6.45) is 4.02. The zero-order chi connectivity index (χ0) is 21.9. The maximum Gasteiger partial charge on any atom is 0.255 e. The van der Waals surface area contributed by atoms with Gasteiger partial charge in [-0.1, -0.05) is 12.1 Å². The summed E-state index contributed by atoms with van der Waals surface area (Å²) in [5.74, 6) is 0.610. The molecule has 2 aliphatic rings. The molecule has 2 unspecified atom stereocenters. The number of nitrogens with zero attached hydrogens (tertiary/aromatic N) is 5. The molecule has 166 valence electrons. The van der Waals surface area contributed by atoms with Gasteiger partial charge in [-0.2, -0.15) is 0 Å². The van der Waals surface area contributed by atoms with Crippen LogP contribution in [0.2, 0.25) is 0 Å². The van der Waals surface area contributed by atoms with Crippen molar-refractivity contribution < 1.29 is 9.47 Å². The summed E-state index contributed by atoms with van der Waals surface area (Å²) in [6, 6.07) is 12.0. The number of benzene rings is 1. The van der Waals surface area contributed by atoms with Crippen LogP contribution in [0.1, 0.15) is 18.1 Å². The average molecular weight is 435 g/mol. The highest BCUT2D eigenvalue weighted by molar-refractivity contribution is 5.55. The van der Waals surface area contributed by atoms with Crippen LogP contribution in [0.3, 0.4) is 0 Å². The van der Waals surface area contributed by atoms with Crippen molar-refractivity contribution in [1.82, 2.24) is 19.5 Å². The van der Waals surface area contributed by atoms with Gasteiger partial charge in [0.25, 0.3) is 5.56 Å². The number of ether oxygens (including phenoxy) is 2. The number of morpholine rings is 1. The van der Waals surface area contributed by atoms with Gasteiger partial charge < -0.3 is 19.7 Å². The predicted molar refractivity (Wildman–Crippen MR) is 121 cm³/mol. The van der Waals surface area contributed by atoms with E-state index in [-0.39, 0.29) is 11.7 Å². The van der Waals surface area contributed by atoms with Crippen molar-refractivity contribution in [2.24, 2.45) is 7.05 Å². The summed E-state index contributed by atoms with van der Waals surface area (Å²) < 4.78 is 13.1. The van der Waals surface area contributed by atoms with E-state index < -0.39 is 0 Å². The summed E-state index contributed by atoms with van der Waals surface area (Å²) in [7, 11) is 1.74. The molecule has 5 rings (SSSR count). The molecule has 3 aromatic rings. The van der Waals surface area contributed by atoms with Crippen LogP contribution in [0.4, 0.5) is 11.6 Å². The Morgan fingerprint density at radius 3 is 2.75 bits per heavy atom. The lowest BCUT2D eigenvalue weighted by molar-refractivity contribution is 0.0390. The molecule has 0 spiro atoms. The highest BCUT2D eigenvalue weighted by atomic mass is 16.5. The van der Waals surface area contributed by atoms with Crippen molar-refractivity contribution >= 4 is 11.6 Å². The molecule has 0 amide bonds. The number of rotatable bonds is 5. The Bertz CT molecular complexity index is 1110. The predicted octanol–water partition coefficient (Wildman–Crippen LogP) is 2.02. The third-order valence-corrected chi connectivity index (χ3v) is 5.89. The van der Waals surface area contributed by atoms with Gasteiger partial charge >= 0.3 is 0 Å². The monoisotopic (exact) mass is 434 g/mol. The third kappa shape index (κ3) is 4.35. The van der Waals surface area contributed by atoms with E-state index in [0.717, 1.165) is 30.9 Å². The van der Waals surface area contributed by atoms with Crippen molar-refractivity contribution in [3.63, 3.8) is 0 Å². The molecule has 2 fully saturated rings. The van der Waals surface area contributed by atoms with E-state index in [1.165, 1.54) is 12.4 Å². The van der Waals surface area contributed by atoms with Gasteiger partial charge in [0.1, 0.15) is 12.4 Å². The minimum Gasteiger partial charge on any atom is -0.380 e. The highest BCUT2D eigenvalue weighted by Crippen LogP contribution is 2.27. The molecule has 2 atom stereocenters. The van der Waals surface area contributed by atoms with Gasteiger partial charge in [-0.05, 0) is 30.2 Å². The molecule has 0 radical (unpaired) electrons. The van der Waals surface area contributed by atoms with Crippen molar-refractivity contribution in [3.05, 3.63) is 64.8 Å². The van der Waals surface area contributed by atoms with Crippen LogP contribution in [-0.2, 0) is 16.5 Å². The zero-order valence-corrected chi connectivity index (χ0v) is 18.0.